The minimum absolute atomic E-state index is 0.455. The molecule has 3 heteroatoms. The van der Waals surface area contributed by atoms with Crippen LogP contribution < -0.4 is 0 Å². The summed E-state index contributed by atoms with van der Waals surface area (Å²) in [4.78, 5) is 0. The molecule has 1 aliphatic heterocycles. The van der Waals surface area contributed by atoms with Gasteiger partial charge in [-0.1, -0.05) is 27.7 Å². The molecule has 2 heterocycles. The lowest BCUT2D eigenvalue weighted by atomic mass is 9.76. The summed E-state index contributed by atoms with van der Waals surface area (Å²) in [7, 11) is 0. The summed E-state index contributed by atoms with van der Waals surface area (Å²) in [5.41, 5.74) is 3.43. The van der Waals surface area contributed by atoms with Gasteiger partial charge in [-0.05, 0) is 43.1 Å². The Morgan fingerprint density at radius 2 is 1.95 bits per heavy atom. The van der Waals surface area contributed by atoms with Crippen LogP contribution in [-0.2, 0) is 17.6 Å². The van der Waals surface area contributed by atoms with Crippen molar-refractivity contribution in [2.24, 2.45) is 5.41 Å². The van der Waals surface area contributed by atoms with Crippen LogP contribution in [0.15, 0.2) is 6.20 Å². The Hall–Kier alpha value is -0.830. The second-order valence-corrected chi connectivity index (χ2v) is 6.25. The van der Waals surface area contributed by atoms with E-state index in [4.69, 9.17) is 4.74 Å². The van der Waals surface area contributed by atoms with Crippen molar-refractivity contribution < 1.29 is 4.74 Å². The average molecular weight is 264 g/mol. The van der Waals surface area contributed by atoms with Gasteiger partial charge in [0.2, 0.25) is 0 Å². The van der Waals surface area contributed by atoms with Crippen LogP contribution in [0.1, 0.15) is 64.3 Å². The first-order valence-electron chi connectivity index (χ1n) is 7.79. The molecule has 0 radical (unpaired) electrons. The molecule has 0 unspecified atom stereocenters. The highest BCUT2D eigenvalue weighted by molar-refractivity contribution is 5.23. The van der Waals surface area contributed by atoms with Crippen molar-refractivity contribution in [3.05, 3.63) is 17.5 Å². The number of nitrogens with zero attached hydrogens (tertiary/aromatic N) is 2. The van der Waals surface area contributed by atoms with Crippen molar-refractivity contribution in [2.45, 2.75) is 65.8 Å². The van der Waals surface area contributed by atoms with Crippen LogP contribution in [0, 0.1) is 5.41 Å². The Morgan fingerprint density at radius 3 is 2.63 bits per heavy atom. The second-order valence-electron chi connectivity index (χ2n) is 6.25. The largest absolute Gasteiger partial charge is 0.381 e. The van der Waals surface area contributed by atoms with E-state index in [0.717, 1.165) is 26.1 Å². The summed E-state index contributed by atoms with van der Waals surface area (Å²) in [6, 6.07) is 0.578. The summed E-state index contributed by atoms with van der Waals surface area (Å²) in [6.07, 6.45) is 8.01. The maximum Gasteiger partial charge on any atom is 0.0566 e. The van der Waals surface area contributed by atoms with E-state index in [2.05, 4.69) is 29.8 Å². The van der Waals surface area contributed by atoms with Crippen molar-refractivity contribution in [3.63, 3.8) is 0 Å². The Labute approximate surface area is 117 Å². The van der Waals surface area contributed by atoms with Crippen molar-refractivity contribution in [1.29, 1.82) is 0 Å². The maximum absolute atomic E-state index is 5.43. The van der Waals surface area contributed by atoms with Crippen LogP contribution in [-0.4, -0.2) is 23.0 Å². The molecular weight excluding hydrogens is 236 g/mol. The standard InChI is InChI=1S/C14H22N2O.C2H6/c1-14(2)6-3-13-11(9-14)10-15-16(13)12-4-7-17-8-5-12;1-2/h10,12H,3-9H2,1-2H3;1-2H3. The zero-order chi connectivity index (χ0) is 13.9. The van der Waals surface area contributed by atoms with Crippen LogP contribution in [0.25, 0.3) is 0 Å². The molecular formula is C16H28N2O. The molecule has 0 bridgehead atoms. The molecule has 1 aliphatic carbocycles. The molecule has 108 valence electrons. The smallest absolute Gasteiger partial charge is 0.0566 e. The SMILES string of the molecule is CC.CC1(C)CCc2c(cnn2C2CCOCC2)C1. The summed E-state index contributed by atoms with van der Waals surface area (Å²) >= 11 is 0. The van der Waals surface area contributed by atoms with E-state index < -0.39 is 0 Å². The van der Waals surface area contributed by atoms with Gasteiger partial charge in [-0.25, -0.2) is 0 Å². The first kappa shape index (κ1) is 14.6. The van der Waals surface area contributed by atoms with Gasteiger partial charge in [0.15, 0.2) is 0 Å². The first-order valence-corrected chi connectivity index (χ1v) is 7.79. The molecule has 3 nitrogen and oxygen atoms in total. The van der Waals surface area contributed by atoms with E-state index >= 15 is 0 Å². The van der Waals surface area contributed by atoms with E-state index in [1.807, 2.05) is 13.8 Å². The molecule has 2 aliphatic rings. The van der Waals surface area contributed by atoms with Gasteiger partial charge in [-0.2, -0.15) is 5.10 Å². The topological polar surface area (TPSA) is 27.1 Å². The Kier molecular flexibility index (Phi) is 4.67. The molecule has 0 atom stereocenters. The predicted molar refractivity (Wildman–Crippen MR) is 78.5 cm³/mol. The molecule has 1 aromatic rings. The molecule has 1 saturated heterocycles. The first-order chi connectivity index (χ1) is 9.16. The molecule has 19 heavy (non-hydrogen) atoms. The van der Waals surface area contributed by atoms with E-state index in [1.165, 1.54) is 30.5 Å². The fourth-order valence-electron chi connectivity index (χ4n) is 3.15. The molecule has 0 spiro atoms. The van der Waals surface area contributed by atoms with Crippen LogP contribution in [0.4, 0.5) is 0 Å². The van der Waals surface area contributed by atoms with Gasteiger partial charge >= 0.3 is 0 Å². The molecule has 1 aromatic heterocycles. The lowest BCUT2D eigenvalue weighted by molar-refractivity contribution is 0.0650. The fraction of sp³-hybridized carbons (Fsp3) is 0.812. The van der Waals surface area contributed by atoms with Crippen LogP contribution in [0.5, 0.6) is 0 Å². The molecule has 0 N–H and O–H groups in total. The van der Waals surface area contributed by atoms with Gasteiger partial charge in [0.25, 0.3) is 0 Å². The Morgan fingerprint density at radius 1 is 1.26 bits per heavy atom. The minimum atomic E-state index is 0.455. The highest BCUT2D eigenvalue weighted by atomic mass is 16.5. The summed E-state index contributed by atoms with van der Waals surface area (Å²) in [6.45, 7) is 10.5. The van der Waals surface area contributed by atoms with Gasteiger partial charge in [-0.15, -0.1) is 0 Å². The highest BCUT2D eigenvalue weighted by Gasteiger charge is 2.29. The second kappa shape index (κ2) is 6.08. The quantitative estimate of drug-likeness (QED) is 0.772. The third-order valence-corrected chi connectivity index (χ3v) is 4.23. The van der Waals surface area contributed by atoms with Gasteiger partial charge in [0, 0.05) is 18.9 Å². The predicted octanol–water partition coefficient (Wildman–Crippen LogP) is 3.78. The van der Waals surface area contributed by atoms with Crippen molar-refractivity contribution >= 4 is 0 Å². The number of aromatic nitrogens is 2. The normalized spacial score (nSPS) is 22.3. The molecule has 0 amide bonds. The Bertz CT molecular complexity index is 403. The zero-order valence-electron chi connectivity index (χ0n) is 12.9. The zero-order valence-corrected chi connectivity index (χ0v) is 12.9. The van der Waals surface area contributed by atoms with Crippen LogP contribution in [0.2, 0.25) is 0 Å². The maximum atomic E-state index is 5.43. The molecule has 0 saturated carbocycles. The minimum Gasteiger partial charge on any atom is -0.381 e. The number of hydrogen-bond donors (Lipinski definition) is 0. The number of fused-ring (bicyclic) bond motifs is 1. The summed E-state index contributed by atoms with van der Waals surface area (Å²) < 4.78 is 7.73. The van der Waals surface area contributed by atoms with E-state index in [0.29, 0.717) is 11.5 Å². The number of rotatable bonds is 1. The van der Waals surface area contributed by atoms with Gasteiger partial charge in [-0.3, -0.25) is 4.68 Å². The Balaban J connectivity index is 0.000000637. The average Bonchev–Trinajstić information content (AvgIpc) is 2.83. The molecule has 1 fully saturated rings. The lowest BCUT2D eigenvalue weighted by Crippen LogP contribution is -2.26. The lowest BCUT2D eigenvalue weighted by Gasteiger charge is -2.31. The third-order valence-electron chi connectivity index (χ3n) is 4.23. The van der Waals surface area contributed by atoms with Crippen molar-refractivity contribution in [3.8, 4) is 0 Å². The molecule has 0 aromatic carbocycles. The highest BCUT2D eigenvalue weighted by Crippen LogP contribution is 2.36. The van der Waals surface area contributed by atoms with E-state index in [1.54, 1.807) is 0 Å². The van der Waals surface area contributed by atoms with Crippen molar-refractivity contribution in [1.82, 2.24) is 9.78 Å². The van der Waals surface area contributed by atoms with Crippen LogP contribution >= 0.6 is 0 Å². The van der Waals surface area contributed by atoms with Crippen molar-refractivity contribution in [2.75, 3.05) is 13.2 Å². The number of ether oxygens (including phenoxy) is 1. The number of hydrogen-bond acceptors (Lipinski definition) is 2. The fourth-order valence-corrected chi connectivity index (χ4v) is 3.15. The van der Waals surface area contributed by atoms with Gasteiger partial charge in [0.05, 0.1) is 12.2 Å². The summed E-state index contributed by atoms with van der Waals surface area (Å²) in [5, 5.41) is 4.65. The van der Waals surface area contributed by atoms with Gasteiger partial charge in [0.1, 0.15) is 0 Å². The van der Waals surface area contributed by atoms with E-state index in [9.17, 15) is 0 Å². The van der Waals surface area contributed by atoms with Crippen LogP contribution in [0.3, 0.4) is 0 Å². The third kappa shape index (κ3) is 3.19. The van der Waals surface area contributed by atoms with E-state index in [-0.39, 0.29) is 0 Å². The molecule has 3 rings (SSSR count). The summed E-state index contributed by atoms with van der Waals surface area (Å²) in [5.74, 6) is 0. The van der Waals surface area contributed by atoms with Gasteiger partial charge < -0.3 is 4.74 Å². The monoisotopic (exact) mass is 264 g/mol.